The first-order valence-corrected chi connectivity index (χ1v) is 11.0. The zero-order chi connectivity index (χ0) is 23.8. The smallest absolute Gasteiger partial charge is 0.300 e. The van der Waals surface area contributed by atoms with Crippen molar-refractivity contribution in [2.45, 2.75) is 6.04 Å². The highest BCUT2D eigenvalue weighted by molar-refractivity contribution is 6.51. The predicted octanol–water partition coefficient (Wildman–Crippen LogP) is 4.15. The van der Waals surface area contributed by atoms with E-state index in [1.807, 2.05) is 61.5 Å². The van der Waals surface area contributed by atoms with Gasteiger partial charge in [0.1, 0.15) is 19.0 Å². The van der Waals surface area contributed by atoms with E-state index >= 15 is 0 Å². The SMILES string of the molecule is CN(C)c1ccc(N2C(=O)C(=O)/C(=C(\O)c3ccc4c(c3)OCCO4)C2c2ccccc2)cc1. The van der Waals surface area contributed by atoms with Crippen molar-refractivity contribution in [3.8, 4) is 11.5 Å². The third kappa shape index (κ3) is 3.65. The molecule has 0 saturated carbocycles. The summed E-state index contributed by atoms with van der Waals surface area (Å²) >= 11 is 0. The Bertz CT molecular complexity index is 1280. The molecule has 0 aromatic heterocycles. The molecule has 1 saturated heterocycles. The zero-order valence-corrected chi connectivity index (χ0v) is 18.9. The first-order chi connectivity index (χ1) is 16.5. The minimum atomic E-state index is -0.778. The second-order valence-corrected chi connectivity index (χ2v) is 8.35. The van der Waals surface area contributed by atoms with E-state index in [4.69, 9.17) is 9.47 Å². The number of hydrogen-bond acceptors (Lipinski definition) is 6. The van der Waals surface area contributed by atoms with Crippen LogP contribution in [0.4, 0.5) is 11.4 Å². The van der Waals surface area contributed by atoms with Crippen molar-refractivity contribution in [1.82, 2.24) is 0 Å². The van der Waals surface area contributed by atoms with Crippen molar-refractivity contribution in [3.05, 3.63) is 89.5 Å². The minimum Gasteiger partial charge on any atom is -0.507 e. The summed E-state index contributed by atoms with van der Waals surface area (Å²) in [5, 5.41) is 11.3. The number of benzene rings is 3. The number of ether oxygens (including phenoxy) is 2. The lowest BCUT2D eigenvalue weighted by Crippen LogP contribution is -2.29. The van der Waals surface area contributed by atoms with Crippen LogP contribution in [0.5, 0.6) is 11.5 Å². The second-order valence-electron chi connectivity index (χ2n) is 8.35. The Hall–Kier alpha value is -4.26. The van der Waals surface area contributed by atoms with Gasteiger partial charge in [-0.05, 0) is 48.0 Å². The molecule has 0 spiro atoms. The van der Waals surface area contributed by atoms with E-state index in [9.17, 15) is 14.7 Å². The molecule has 2 aliphatic rings. The van der Waals surface area contributed by atoms with E-state index in [0.29, 0.717) is 36.0 Å². The minimum absolute atomic E-state index is 0.0320. The molecule has 34 heavy (non-hydrogen) atoms. The number of Topliss-reactive ketones (excluding diaryl/α,β-unsaturated/α-hetero) is 1. The third-order valence-corrected chi connectivity index (χ3v) is 6.02. The molecule has 1 fully saturated rings. The summed E-state index contributed by atoms with van der Waals surface area (Å²) in [4.78, 5) is 29.9. The quantitative estimate of drug-likeness (QED) is 0.361. The van der Waals surface area contributed by atoms with Crippen LogP contribution in [0.15, 0.2) is 78.4 Å². The number of nitrogens with zero attached hydrogens (tertiary/aromatic N) is 2. The molecule has 0 aliphatic carbocycles. The Morgan fingerprint density at radius 2 is 1.59 bits per heavy atom. The standard InChI is InChI=1S/C27H24N2O5/c1-28(2)19-9-11-20(12-10-19)29-24(17-6-4-3-5-7-17)23(26(31)27(29)32)25(30)18-8-13-21-22(16-18)34-15-14-33-21/h3-13,16,24,30H,14-15H2,1-2H3/b25-23-. The van der Waals surface area contributed by atoms with Crippen LogP contribution in [0.2, 0.25) is 0 Å². The van der Waals surface area contributed by atoms with Crippen LogP contribution in [-0.2, 0) is 9.59 Å². The van der Waals surface area contributed by atoms with Crippen LogP contribution < -0.4 is 19.3 Å². The van der Waals surface area contributed by atoms with Gasteiger partial charge in [-0.15, -0.1) is 0 Å². The highest BCUT2D eigenvalue weighted by Crippen LogP contribution is 2.43. The molecule has 3 aromatic rings. The molecule has 0 bridgehead atoms. The average Bonchev–Trinajstić information content (AvgIpc) is 3.14. The molecule has 2 aliphatic heterocycles. The first-order valence-electron chi connectivity index (χ1n) is 11.0. The average molecular weight is 456 g/mol. The summed E-state index contributed by atoms with van der Waals surface area (Å²) in [5.74, 6) is -0.621. The van der Waals surface area contributed by atoms with Crippen molar-refractivity contribution >= 4 is 28.8 Å². The number of rotatable bonds is 4. The zero-order valence-electron chi connectivity index (χ0n) is 18.9. The predicted molar refractivity (Wildman–Crippen MR) is 129 cm³/mol. The van der Waals surface area contributed by atoms with Gasteiger partial charge in [-0.25, -0.2) is 0 Å². The lowest BCUT2D eigenvalue weighted by Gasteiger charge is -2.26. The van der Waals surface area contributed by atoms with Crippen molar-refractivity contribution < 1.29 is 24.2 Å². The molecule has 7 heteroatoms. The van der Waals surface area contributed by atoms with E-state index in [1.54, 1.807) is 30.3 Å². The Morgan fingerprint density at radius 1 is 0.912 bits per heavy atom. The number of anilines is 2. The summed E-state index contributed by atoms with van der Waals surface area (Å²) < 4.78 is 11.2. The maximum absolute atomic E-state index is 13.3. The highest BCUT2D eigenvalue weighted by Gasteiger charge is 2.47. The van der Waals surface area contributed by atoms with Gasteiger partial charge in [0.05, 0.1) is 11.6 Å². The molecule has 0 radical (unpaired) electrons. The summed E-state index contributed by atoms with van der Waals surface area (Å²) in [6.07, 6.45) is 0. The topological polar surface area (TPSA) is 79.3 Å². The number of amides is 1. The molecule has 1 N–H and O–H groups in total. The van der Waals surface area contributed by atoms with Gasteiger partial charge in [-0.1, -0.05) is 30.3 Å². The normalized spacial score (nSPS) is 18.8. The maximum atomic E-state index is 13.3. The molecule has 172 valence electrons. The highest BCUT2D eigenvalue weighted by atomic mass is 16.6. The number of hydrogen-bond donors (Lipinski definition) is 1. The van der Waals surface area contributed by atoms with Crippen LogP contribution in [0.1, 0.15) is 17.2 Å². The Balaban J connectivity index is 1.65. The molecule has 2 heterocycles. The van der Waals surface area contributed by atoms with Crippen molar-refractivity contribution in [1.29, 1.82) is 0 Å². The molecule has 1 unspecified atom stereocenters. The molecule has 1 amide bonds. The Kier molecular flexibility index (Phi) is 5.45. The summed E-state index contributed by atoms with van der Waals surface area (Å²) in [5.41, 5.74) is 2.67. The largest absolute Gasteiger partial charge is 0.507 e. The molecule has 1 atom stereocenters. The van der Waals surface area contributed by atoms with E-state index in [1.165, 1.54) is 4.90 Å². The monoisotopic (exact) mass is 456 g/mol. The van der Waals surface area contributed by atoms with Gasteiger partial charge in [-0.2, -0.15) is 0 Å². The lowest BCUT2D eigenvalue weighted by molar-refractivity contribution is -0.132. The Labute approximate surface area is 197 Å². The van der Waals surface area contributed by atoms with Crippen molar-refractivity contribution in [2.24, 2.45) is 0 Å². The number of carbonyl (C=O) groups excluding carboxylic acids is 2. The van der Waals surface area contributed by atoms with Crippen LogP contribution in [-0.4, -0.2) is 44.1 Å². The van der Waals surface area contributed by atoms with Crippen LogP contribution >= 0.6 is 0 Å². The number of ketones is 1. The molecule has 3 aromatic carbocycles. The molecule has 5 rings (SSSR count). The molecular weight excluding hydrogens is 432 g/mol. The van der Waals surface area contributed by atoms with Crippen molar-refractivity contribution in [3.63, 3.8) is 0 Å². The summed E-state index contributed by atoms with van der Waals surface area (Å²) in [6, 6.07) is 20.8. The van der Waals surface area contributed by atoms with Gasteiger partial charge in [0.2, 0.25) is 0 Å². The summed E-state index contributed by atoms with van der Waals surface area (Å²) in [6.45, 7) is 0.846. The van der Waals surface area contributed by atoms with Crippen LogP contribution in [0.3, 0.4) is 0 Å². The van der Waals surface area contributed by atoms with E-state index in [-0.39, 0.29) is 11.3 Å². The lowest BCUT2D eigenvalue weighted by atomic mass is 9.95. The second kappa shape index (κ2) is 8.59. The number of fused-ring (bicyclic) bond motifs is 1. The fourth-order valence-corrected chi connectivity index (χ4v) is 4.31. The van der Waals surface area contributed by atoms with Crippen molar-refractivity contribution in [2.75, 3.05) is 37.1 Å². The summed E-state index contributed by atoms with van der Waals surface area (Å²) in [7, 11) is 3.86. The Morgan fingerprint density at radius 3 is 2.26 bits per heavy atom. The van der Waals surface area contributed by atoms with Gasteiger partial charge in [0.15, 0.2) is 11.5 Å². The number of carbonyl (C=O) groups is 2. The fourth-order valence-electron chi connectivity index (χ4n) is 4.31. The first kappa shape index (κ1) is 21.6. The van der Waals surface area contributed by atoms with Gasteiger partial charge in [0, 0.05) is 31.0 Å². The number of aliphatic hydroxyl groups excluding tert-OH is 1. The van der Waals surface area contributed by atoms with Crippen LogP contribution in [0, 0.1) is 0 Å². The van der Waals surface area contributed by atoms with E-state index < -0.39 is 17.7 Å². The van der Waals surface area contributed by atoms with E-state index in [2.05, 4.69) is 0 Å². The van der Waals surface area contributed by atoms with Gasteiger partial charge < -0.3 is 19.5 Å². The van der Waals surface area contributed by atoms with Gasteiger partial charge in [0.25, 0.3) is 11.7 Å². The number of aliphatic hydroxyl groups is 1. The van der Waals surface area contributed by atoms with E-state index in [0.717, 1.165) is 11.3 Å². The maximum Gasteiger partial charge on any atom is 0.300 e. The van der Waals surface area contributed by atoms with Gasteiger partial charge >= 0.3 is 0 Å². The molecular formula is C27H24N2O5. The fraction of sp³-hybridized carbons (Fsp3) is 0.185. The third-order valence-electron chi connectivity index (χ3n) is 6.02. The van der Waals surface area contributed by atoms with Gasteiger partial charge in [-0.3, -0.25) is 14.5 Å². The molecule has 7 nitrogen and oxygen atoms in total. The van der Waals surface area contributed by atoms with Crippen LogP contribution in [0.25, 0.3) is 5.76 Å².